The van der Waals surface area contributed by atoms with Gasteiger partial charge >= 0.3 is 0 Å². The predicted molar refractivity (Wildman–Crippen MR) is 94.0 cm³/mol. The van der Waals surface area contributed by atoms with Crippen LogP contribution in [-0.2, 0) is 14.8 Å². The zero-order chi connectivity index (χ0) is 16.4. The van der Waals surface area contributed by atoms with E-state index in [2.05, 4.69) is 27.3 Å². The van der Waals surface area contributed by atoms with Gasteiger partial charge in [0.15, 0.2) is 0 Å². The lowest BCUT2D eigenvalue weighted by Gasteiger charge is -2.28. The average molecular weight is 373 g/mol. The Kier molecular flexibility index (Phi) is 5.84. The second-order valence-electron chi connectivity index (χ2n) is 5.91. The molecule has 7 nitrogen and oxygen atoms in total. The maximum Gasteiger partial charge on any atom is 0.263 e. The van der Waals surface area contributed by atoms with Crippen LogP contribution in [0.3, 0.4) is 0 Å². The molecule has 2 unspecified atom stereocenters. The maximum atomic E-state index is 12.0. The van der Waals surface area contributed by atoms with E-state index in [0.717, 1.165) is 19.4 Å². The number of sulfonamides is 1. The third-order valence-corrected chi connectivity index (χ3v) is 5.43. The van der Waals surface area contributed by atoms with E-state index in [1.165, 1.54) is 6.07 Å². The van der Waals surface area contributed by atoms with Crippen molar-refractivity contribution < 1.29 is 13.2 Å². The number of amides is 1. The van der Waals surface area contributed by atoms with E-state index >= 15 is 0 Å². The minimum atomic E-state index is -3.56. The number of nitrogens with one attached hydrogen (secondary N) is 3. The molecule has 1 aromatic rings. The Morgan fingerprint density at radius 3 is 2.88 bits per heavy atom. The fourth-order valence-electron chi connectivity index (χ4n) is 2.94. The quantitative estimate of drug-likeness (QED) is 0.715. The van der Waals surface area contributed by atoms with Crippen molar-refractivity contribution in [2.45, 2.75) is 36.7 Å². The first-order chi connectivity index (χ1) is 11.0. The summed E-state index contributed by atoms with van der Waals surface area (Å²) >= 11 is 0. The molecule has 3 rings (SSSR count). The minimum absolute atomic E-state index is 0. The largest absolute Gasteiger partial charge is 0.352 e. The molecule has 2 atom stereocenters. The number of carbonyl (C=O) groups excluding carboxylic acids is 1. The van der Waals surface area contributed by atoms with Gasteiger partial charge in [-0.3, -0.25) is 14.5 Å². The number of amidine groups is 1. The van der Waals surface area contributed by atoms with Gasteiger partial charge in [0, 0.05) is 17.6 Å². The zero-order valence-electron chi connectivity index (χ0n) is 13.3. The topological polar surface area (TPSA) is 99.7 Å². The van der Waals surface area contributed by atoms with Gasteiger partial charge in [-0.15, -0.1) is 12.4 Å². The molecule has 0 aromatic heterocycles. The van der Waals surface area contributed by atoms with E-state index in [1.807, 2.05) is 0 Å². The molecule has 0 bridgehead atoms. The Morgan fingerprint density at radius 2 is 2.12 bits per heavy atom. The molecule has 1 fully saturated rings. The second-order valence-corrected chi connectivity index (χ2v) is 7.56. The zero-order valence-corrected chi connectivity index (χ0v) is 14.9. The Hall–Kier alpha value is -1.64. The summed E-state index contributed by atoms with van der Waals surface area (Å²) in [5, 5.41) is 6.28. The van der Waals surface area contributed by atoms with Crippen molar-refractivity contribution in [3.05, 3.63) is 29.8 Å². The van der Waals surface area contributed by atoms with Crippen LogP contribution in [-0.4, -0.2) is 45.3 Å². The van der Waals surface area contributed by atoms with Gasteiger partial charge < -0.3 is 10.6 Å². The van der Waals surface area contributed by atoms with Crippen molar-refractivity contribution >= 4 is 34.2 Å². The van der Waals surface area contributed by atoms with Gasteiger partial charge in [-0.05, 0) is 38.4 Å². The Bertz CT molecular complexity index is 751. The summed E-state index contributed by atoms with van der Waals surface area (Å²) < 4.78 is 26.3. The normalized spacial score (nSPS) is 26.1. The fraction of sp³-hybridized carbons (Fsp3) is 0.467. The molecular formula is C15H21ClN4O3S. The molecule has 0 saturated carbocycles. The highest BCUT2D eigenvalue weighted by atomic mass is 35.5. The minimum Gasteiger partial charge on any atom is -0.352 e. The standard InChI is InChI=1S/C15H20N4O3S.ClH/c1-10-8-11(6-7-16-10)18-14(20)9-17-15-12-4-2-3-5-13(12)23(21,22)19-15;/h2-5,10-11,16H,6-9H2,1H3,(H,17,19)(H,18,20);1H. The first kappa shape index (κ1) is 18.7. The van der Waals surface area contributed by atoms with Gasteiger partial charge in [0.25, 0.3) is 10.0 Å². The predicted octanol–water partition coefficient (Wildman–Crippen LogP) is 0.404. The molecule has 1 saturated heterocycles. The van der Waals surface area contributed by atoms with Crippen LogP contribution in [0.15, 0.2) is 34.2 Å². The van der Waals surface area contributed by atoms with Crippen molar-refractivity contribution in [1.29, 1.82) is 0 Å². The van der Waals surface area contributed by atoms with Crippen molar-refractivity contribution in [2.75, 3.05) is 13.1 Å². The van der Waals surface area contributed by atoms with E-state index in [1.54, 1.807) is 18.2 Å². The summed E-state index contributed by atoms with van der Waals surface area (Å²) in [6.45, 7) is 2.88. The number of hydrogen-bond donors (Lipinski definition) is 3. The van der Waals surface area contributed by atoms with Gasteiger partial charge in [-0.2, -0.15) is 0 Å². The molecule has 2 heterocycles. The van der Waals surface area contributed by atoms with Crippen molar-refractivity contribution in [3.63, 3.8) is 0 Å². The smallest absolute Gasteiger partial charge is 0.263 e. The lowest BCUT2D eigenvalue weighted by Crippen LogP contribution is -2.47. The fourth-order valence-corrected chi connectivity index (χ4v) is 4.19. The molecule has 24 heavy (non-hydrogen) atoms. The molecule has 3 N–H and O–H groups in total. The van der Waals surface area contributed by atoms with Crippen LogP contribution in [0.4, 0.5) is 0 Å². The van der Waals surface area contributed by atoms with Gasteiger partial charge in [0.1, 0.15) is 12.4 Å². The van der Waals surface area contributed by atoms with Crippen LogP contribution < -0.4 is 15.4 Å². The lowest BCUT2D eigenvalue weighted by atomic mass is 10.0. The summed E-state index contributed by atoms with van der Waals surface area (Å²) in [6.07, 6.45) is 1.78. The molecule has 1 amide bonds. The highest BCUT2D eigenvalue weighted by Gasteiger charge is 2.30. The molecule has 0 spiro atoms. The average Bonchev–Trinajstić information content (AvgIpc) is 2.77. The molecule has 0 radical (unpaired) electrons. The van der Waals surface area contributed by atoms with Crippen LogP contribution in [0.2, 0.25) is 0 Å². The number of benzene rings is 1. The highest BCUT2D eigenvalue weighted by Crippen LogP contribution is 2.22. The lowest BCUT2D eigenvalue weighted by molar-refractivity contribution is -0.120. The number of carbonyl (C=O) groups is 1. The van der Waals surface area contributed by atoms with Crippen LogP contribution in [0.1, 0.15) is 25.3 Å². The molecule has 2 aliphatic rings. The Labute approximate surface area is 147 Å². The van der Waals surface area contributed by atoms with E-state index in [4.69, 9.17) is 0 Å². The molecule has 1 aromatic carbocycles. The SMILES string of the molecule is CC1CC(NC(=O)CN=C2NS(=O)(=O)c3ccccc32)CCN1.Cl. The van der Waals surface area contributed by atoms with Crippen LogP contribution in [0, 0.1) is 0 Å². The summed E-state index contributed by atoms with van der Waals surface area (Å²) in [5.41, 5.74) is 0.510. The van der Waals surface area contributed by atoms with E-state index in [-0.39, 0.29) is 41.6 Å². The van der Waals surface area contributed by atoms with Gasteiger partial charge in [-0.1, -0.05) is 12.1 Å². The van der Waals surface area contributed by atoms with Gasteiger partial charge in [0.05, 0.1) is 4.90 Å². The highest BCUT2D eigenvalue weighted by molar-refractivity contribution is 7.90. The van der Waals surface area contributed by atoms with Crippen LogP contribution in [0.5, 0.6) is 0 Å². The van der Waals surface area contributed by atoms with Crippen molar-refractivity contribution in [1.82, 2.24) is 15.4 Å². The van der Waals surface area contributed by atoms with Crippen molar-refractivity contribution in [3.8, 4) is 0 Å². The number of aliphatic imine (C=N–C) groups is 1. The van der Waals surface area contributed by atoms with Crippen LogP contribution in [0.25, 0.3) is 0 Å². The summed E-state index contributed by atoms with van der Waals surface area (Å²) in [7, 11) is -3.56. The van der Waals surface area contributed by atoms with Gasteiger partial charge in [0.2, 0.25) is 5.91 Å². The molecule has 132 valence electrons. The first-order valence-corrected chi connectivity index (χ1v) is 9.13. The number of fused-ring (bicyclic) bond motifs is 1. The Balaban J connectivity index is 0.00000208. The monoisotopic (exact) mass is 372 g/mol. The third-order valence-electron chi connectivity index (χ3n) is 4.03. The number of piperidine rings is 1. The molecular weight excluding hydrogens is 352 g/mol. The summed E-state index contributed by atoms with van der Waals surface area (Å²) in [5.74, 6) is 0.0367. The van der Waals surface area contributed by atoms with E-state index in [0.29, 0.717) is 11.6 Å². The van der Waals surface area contributed by atoms with Gasteiger partial charge in [-0.25, -0.2) is 8.42 Å². The van der Waals surface area contributed by atoms with E-state index < -0.39 is 10.0 Å². The maximum absolute atomic E-state index is 12.0. The van der Waals surface area contributed by atoms with Crippen LogP contribution >= 0.6 is 12.4 Å². The molecule has 9 heteroatoms. The number of hydrogen-bond acceptors (Lipinski definition) is 5. The van der Waals surface area contributed by atoms with Crippen molar-refractivity contribution in [2.24, 2.45) is 4.99 Å². The number of halogens is 1. The Morgan fingerprint density at radius 1 is 1.38 bits per heavy atom. The molecule has 0 aliphatic carbocycles. The van der Waals surface area contributed by atoms with E-state index in [9.17, 15) is 13.2 Å². The number of rotatable bonds is 3. The third kappa shape index (κ3) is 4.06. The first-order valence-electron chi connectivity index (χ1n) is 7.65. The second kappa shape index (κ2) is 7.50. The number of nitrogens with zero attached hydrogens (tertiary/aromatic N) is 1. The summed E-state index contributed by atoms with van der Waals surface area (Å²) in [6, 6.07) is 7.13. The molecule has 2 aliphatic heterocycles. The summed E-state index contributed by atoms with van der Waals surface area (Å²) in [4.78, 5) is 16.4.